The minimum absolute atomic E-state index is 0.156. The molecule has 1 aromatic heterocycles. The standard InChI is InChI=1S/C15H14ClF2NO/c1-9-8-19(11-4-5-15(17,18)7-11)14(20)13-6-10(16)2-3-12(9)13/h2-3,6,8,11H,4-5,7H2,1H3/t11-/m1/s1. The van der Waals surface area contributed by atoms with E-state index in [1.54, 1.807) is 24.4 Å². The third-order valence-corrected chi connectivity index (χ3v) is 4.21. The molecular formula is C15H14ClF2NO. The number of nitrogens with zero attached hydrogens (tertiary/aromatic N) is 1. The zero-order valence-electron chi connectivity index (χ0n) is 11.0. The molecule has 0 bridgehead atoms. The van der Waals surface area contributed by atoms with Crippen molar-refractivity contribution in [2.24, 2.45) is 0 Å². The average molecular weight is 298 g/mol. The van der Waals surface area contributed by atoms with Crippen molar-refractivity contribution in [3.05, 3.63) is 45.3 Å². The monoisotopic (exact) mass is 297 g/mol. The number of aromatic nitrogens is 1. The summed E-state index contributed by atoms with van der Waals surface area (Å²) in [6.07, 6.45) is 1.60. The van der Waals surface area contributed by atoms with Crippen molar-refractivity contribution >= 4 is 22.4 Å². The van der Waals surface area contributed by atoms with Crippen LogP contribution < -0.4 is 5.56 Å². The maximum atomic E-state index is 13.4. The lowest BCUT2D eigenvalue weighted by atomic mass is 10.1. The molecule has 1 aliphatic carbocycles. The van der Waals surface area contributed by atoms with Crippen LogP contribution in [0.5, 0.6) is 0 Å². The average Bonchev–Trinajstić information content (AvgIpc) is 2.74. The molecule has 0 amide bonds. The Bertz CT molecular complexity index is 738. The van der Waals surface area contributed by atoms with E-state index < -0.39 is 12.0 Å². The first kappa shape index (κ1) is 13.6. The van der Waals surface area contributed by atoms with Crippen LogP contribution in [0.4, 0.5) is 8.78 Å². The predicted molar refractivity (Wildman–Crippen MR) is 75.8 cm³/mol. The van der Waals surface area contributed by atoms with Gasteiger partial charge in [-0.3, -0.25) is 4.79 Å². The van der Waals surface area contributed by atoms with Gasteiger partial charge in [0.2, 0.25) is 5.92 Å². The summed E-state index contributed by atoms with van der Waals surface area (Å²) in [7, 11) is 0. The minimum Gasteiger partial charge on any atom is -0.311 e. The largest absolute Gasteiger partial charge is 0.311 e. The lowest BCUT2D eigenvalue weighted by Gasteiger charge is -2.16. The molecule has 1 heterocycles. The molecule has 0 unspecified atom stereocenters. The molecule has 0 N–H and O–H groups in total. The highest BCUT2D eigenvalue weighted by molar-refractivity contribution is 6.31. The minimum atomic E-state index is -2.67. The van der Waals surface area contributed by atoms with Gasteiger partial charge in [-0.25, -0.2) is 8.78 Å². The molecule has 1 atom stereocenters. The van der Waals surface area contributed by atoms with Crippen molar-refractivity contribution in [3.8, 4) is 0 Å². The van der Waals surface area contributed by atoms with E-state index in [0.717, 1.165) is 10.9 Å². The van der Waals surface area contributed by atoms with Gasteiger partial charge in [-0.15, -0.1) is 0 Å². The predicted octanol–water partition coefficient (Wildman–Crippen LogP) is 4.32. The molecule has 0 aliphatic heterocycles. The summed E-state index contributed by atoms with van der Waals surface area (Å²) >= 11 is 5.93. The Balaban J connectivity index is 2.18. The van der Waals surface area contributed by atoms with E-state index in [1.165, 1.54) is 4.57 Å². The topological polar surface area (TPSA) is 22.0 Å². The molecule has 1 fully saturated rings. The Morgan fingerprint density at radius 2 is 2.10 bits per heavy atom. The molecule has 3 rings (SSSR count). The highest BCUT2D eigenvalue weighted by Crippen LogP contribution is 2.41. The molecule has 0 saturated heterocycles. The van der Waals surface area contributed by atoms with E-state index in [2.05, 4.69) is 0 Å². The molecule has 0 radical (unpaired) electrons. The Kier molecular flexibility index (Phi) is 3.09. The summed E-state index contributed by atoms with van der Waals surface area (Å²) in [5.74, 6) is -2.67. The highest BCUT2D eigenvalue weighted by atomic mass is 35.5. The fraction of sp³-hybridized carbons (Fsp3) is 0.400. The quantitative estimate of drug-likeness (QED) is 0.768. The number of hydrogen-bond acceptors (Lipinski definition) is 1. The molecule has 2 aromatic rings. The van der Waals surface area contributed by atoms with Crippen LogP contribution in [-0.2, 0) is 0 Å². The summed E-state index contributed by atoms with van der Waals surface area (Å²) < 4.78 is 28.2. The van der Waals surface area contributed by atoms with Crippen molar-refractivity contribution in [3.63, 3.8) is 0 Å². The van der Waals surface area contributed by atoms with Gasteiger partial charge in [0.25, 0.3) is 5.56 Å². The van der Waals surface area contributed by atoms with Crippen LogP contribution in [0.2, 0.25) is 5.02 Å². The van der Waals surface area contributed by atoms with Gasteiger partial charge in [0.05, 0.1) is 0 Å². The molecule has 1 aliphatic rings. The number of halogens is 3. The highest BCUT2D eigenvalue weighted by Gasteiger charge is 2.40. The summed E-state index contributed by atoms with van der Waals surface area (Å²) in [6.45, 7) is 1.87. The molecule has 2 nitrogen and oxygen atoms in total. The third kappa shape index (κ3) is 2.22. The third-order valence-electron chi connectivity index (χ3n) is 3.98. The summed E-state index contributed by atoms with van der Waals surface area (Å²) in [6, 6.07) is 4.70. The lowest BCUT2D eigenvalue weighted by Crippen LogP contribution is -2.24. The molecule has 106 valence electrons. The van der Waals surface area contributed by atoms with Crippen LogP contribution in [0.15, 0.2) is 29.2 Å². The number of benzene rings is 1. The second-order valence-corrected chi connectivity index (χ2v) is 5.90. The summed E-state index contributed by atoms with van der Waals surface area (Å²) in [5.41, 5.74) is 0.655. The van der Waals surface area contributed by atoms with Crippen molar-refractivity contribution < 1.29 is 8.78 Å². The Labute approximate surface area is 120 Å². The SMILES string of the molecule is Cc1cn([C@@H]2CCC(F)(F)C2)c(=O)c2cc(Cl)ccc12. The second kappa shape index (κ2) is 4.55. The van der Waals surface area contributed by atoms with E-state index in [4.69, 9.17) is 11.6 Å². The number of aryl methyl sites for hydroxylation is 1. The van der Waals surface area contributed by atoms with Crippen molar-refractivity contribution in [2.75, 3.05) is 0 Å². The van der Waals surface area contributed by atoms with Crippen molar-refractivity contribution in [1.82, 2.24) is 4.57 Å². The van der Waals surface area contributed by atoms with E-state index >= 15 is 0 Å². The molecule has 1 saturated carbocycles. The number of pyridine rings is 1. The van der Waals surface area contributed by atoms with Gasteiger partial charge in [0.1, 0.15) is 0 Å². The number of rotatable bonds is 1. The van der Waals surface area contributed by atoms with Gasteiger partial charge in [-0.2, -0.15) is 0 Å². The van der Waals surface area contributed by atoms with Crippen LogP contribution in [0, 0.1) is 6.92 Å². The van der Waals surface area contributed by atoms with Crippen LogP contribution in [0.25, 0.3) is 10.8 Å². The number of alkyl halides is 2. The van der Waals surface area contributed by atoms with Crippen LogP contribution >= 0.6 is 11.6 Å². The van der Waals surface area contributed by atoms with E-state index in [0.29, 0.717) is 16.8 Å². The van der Waals surface area contributed by atoms with Gasteiger partial charge < -0.3 is 4.57 Å². The van der Waals surface area contributed by atoms with Crippen LogP contribution in [0.3, 0.4) is 0 Å². The first-order valence-electron chi connectivity index (χ1n) is 6.56. The lowest BCUT2D eigenvalue weighted by molar-refractivity contribution is 0.00552. The van der Waals surface area contributed by atoms with Gasteiger partial charge >= 0.3 is 0 Å². The van der Waals surface area contributed by atoms with Crippen LogP contribution in [0.1, 0.15) is 30.9 Å². The van der Waals surface area contributed by atoms with E-state index in [1.807, 2.05) is 6.92 Å². The van der Waals surface area contributed by atoms with E-state index in [9.17, 15) is 13.6 Å². The maximum Gasteiger partial charge on any atom is 0.258 e. The fourth-order valence-electron chi connectivity index (χ4n) is 2.95. The molecular weight excluding hydrogens is 284 g/mol. The van der Waals surface area contributed by atoms with Gasteiger partial charge in [0.15, 0.2) is 0 Å². The number of hydrogen-bond donors (Lipinski definition) is 0. The zero-order chi connectivity index (χ0) is 14.5. The number of fused-ring (bicyclic) bond motifs is 1. The first-order valence-corrected chi connectivity index (χ1v) is 6.94. The van der Waals surface area contributed by atoms with Gasteiger partial charge in [0, 0.05) is 35.5 Å². The second-order valence-electron chi connectivity index (χ2n) is 5.47. The molecule has 1 aromatic carbocycles. The molecule has 0 spiro atoms. The maximum absolute atomic E-state index is 13.4. The van der Waals surface area contributed by atoms with Crippen molar-refractivity contribution in [1.29, 1.82) is 0 Å². The van der Waals surface area contributed by atoms with Gasteiger partial charge in [-0.05, 0) is 36.4 Å². The van der Waals surface area contributed by atoms with Crippen LogP contribution in [-0.4, -0.2) is 10.5 Å². The van der Waals surface area contributed by atoms with E-state index in [-0.39, 0.29) is 18.4 Å². The van der Waals surface area contributed by atoms with Crippen molar-refractivity contribution in [2.45, 2.75) is 38.2 Å². The summed E-state index contributed by atoms with van der Waals surface area (Å²) in [4.78, 5) is 12.5. The van der Waals surface area contributed by atoms with Gasteiger partial charge in [-0.1, -0.05) is 17.7 Å². The Morgan fingerprint density at radius 3 is 2.75 bits per heavy atom. The smallest absolute Gasteiger partial charge is 0.258 e. The molecule has 5 heteroatoms. The molecule has 20 heavy (non-hydrogen) atoms. The summed E-state index contributed by atoms with van der Waals surface area (Å²) in [5, 5.41) is 1.79. The normalized spacial score (nSPS) is 21.5. The fourth-order valence-corrected chi connectivity index (χ4v) is 3.12. The first-order chi connectivity index (χ1) is 9.37. The Morgan fingerprint density at radius 1 is 1.35 bits per heavy atom. The zero-order valence-corrected chi connectivity index (χ0v) is 11.8. The Hall–Kier alpha value is -1.42.